The zero-order valence-electron chi connectivity index (χ0n) is 6.69. The zero-order valence-corrected chi connectivity index (χ0v) is 6.69. The largest absolute Gasteiger partial charge is 0.305 e. The maximum Gasteiger partial charge on any atom is 0.124 e. The predicted octanol–water partition coefficient (Wildman–Crippen LogP) is -0.0479. The van der Waals surface area contributed by atoms with Gasteiger partial charge >= 0.3 is 0 Å². The lowest BCUT2D eigenvalue weighted by Gasteiger charge is -2.30. The Morgan fingerprint density at radius 2 is 1.64 bits per heavy atom. The summed E-state index contributed by atoms with van der Waals surface area (Å²) in [4.78, 5) is 22.9. The molecule has 1 saturated heterocycles. The molecule has 62 valence electrons. The van der Waals surface area contributed by atoms with E-state index in [0.717, 1.165) is 32.1 Å². The lowest BCUT2D eigenvalue weighted by atomic mass is 9.92. The van der Waals surface area contributed by atoms with E-state index in [-0.39, 0.29) is 11.8 Å². The first-order chi connectivity index (χ1) is 5.26. The molecule has 0 bridgehead atoms. The summed E-state index contributed by atoms with van der Waals surface area (Å²) in [5, 5.41) is 0. The number of piperidine rings is 1. The van der Waals surface area contributed by atoms with Crippen molar-refractivity contribution in [2.45, 2.75) is 6.42 Å². The van der Waals surface area contributed by atoms with Gasteiger partial charge in [-0.15, -0.1) is 0 Å². The van der Waals surface area contributed by atoms with E-state index in [0.29, 0.717) is 0 Å². The topological polar surface area (TPSA) is 37.4 Å². The standard InChI is InChI=1S/C8H13NO2/c1-9-3-7(5-10)2-8(4-9)6-11/h5-8H,2-4H2,1H3. The number of carbonyl (C=O) groups is 2. The van der Waals surface area contributed by atoms with Gasteiger partial charge in [0, 0.05) is 24.9 Å². The van der Waals surface area contributed by atoms with Crippen LogP contribution in [0.4, 0.5) is 0 Å². The van der Waals surface area contributed by atoms with E-state index in [1.807, 2.05) is 11.9 Å². The van der Waals surface area contributed by atoms with E-state index < -0.39 is 0 Å². The molecule has 1 heterocycles. The number of likely N-dealkylation sites (tertiary alicyclic amines) is 1. The zero-order chi connectivity index (χ0) is 8.27. The van der Waals surface area contributed by atoms with E-state index in [1.54, 1.807) is 0 Å². The molecule has 0 amide bonds. The highest BCUT2D eigenvalue weighted by Crippen LogP contribution is 2.17. The number of hydrogen-bond donors (Lipinski definition) is 0. The van der Waals surface area contributed by atoms with E-state index in [4.69, 9.17) is 0 Å². The van der Waals surface area contributed by atoms with E-state index in [1.165, 1.54) is 0 Å². The smallest absolute Gasteiger partial charge is 0.124 e. The van der Waals surface area contributed by atoms with Crippen LogP contribution in [-0.4, -0.2) is 37.6 Å². The van der Waals surface area contributed by atoms with Gasteiger partial charge in [0.15, 0.2) is 0 Å². The van der Waals surface area contributed by atoms with Crippen LogP contribution >= 0.6 is 0 Å². The third-order valence-corrected chi connectivity index (χ3v) is 2.08. The van der Waals surface area contributed by atoms with Crippen LogP contribution in [-0.2, 0) is 9.59 Å². The summed E-state index contributed by atoms with van der Waals surface area (Å²) in [5.41, 5.74) is 0. The molecule has 0 radical (unpaired) electrons. The van der Waals surface area contributed by atoms with Crippen LogP contribution in [0.3, 0.4) is 0 Å². The SMILES string of the molecule is CN1CC(C=O)CC(C=O)C1. The van der Waals surface area contributed by atoms with Crippen molar-refractivity contribution in [1.29, 1.82) is 0 Å². The van der Waals surface area contributed by atoms with Gasteiger partial charge in [-0.2, -0.15) is 0 Å². The molecule has 0 spiro atoms. The molecule has 0 aliphatic carbocycles. The summed E-state index contributed by atoms with van der Waals surface area (Å²) in [7, 11) is 1.94. The van der Waals surface area contributed by atoms with Gasteiger partial charge in [-0.3, -0.25) is 0 Å². The third-order valence-electron chi connectivity index (χ3n) is 2.08. The highest BCUT2D eigenvalue weighted by atomic mass is 16.1. The van der Waals surface area contributed by atoms with Crippen molar-refractivity contribution in [2.24, 2.45) is 11.8 Å². The first-order valence-electron chi connectivity index (χ1n) is 3.85. The van der Waals surface area contributed by atoms with Crippen LogP contribution in [0.25, 0.3) is 0 Å². The van der Waals surface area contributed by atoms with Crippen molar-refractivity contribution in [3.05, 3.63) is 0 Å². The summed E-state index contributed by atoms with van der Waals surface area (Å²) >= 11 is 0. The molecule has 1 fully saturated rings. The van der Waals surface area contributed by atoms with Gasteiger partial charge in [-0.25, -0.2) is 0 Å². The monoisotopic (exact) mass is 155 g/mol. The van der Waals surface area contributed by atoms with Crippen molar-refractivity contribution in [1.82, 2.24) is 4.90 Å². The summed E-state index contributed by atoms with van der Waals surface area (Å²) in [6.07, 6.45) is 2.63. The number of aldehydes is 2. The Kier molecular flexibility index (Phi) is 2.76. The van der Waals surface area contributed by atoms with Crippen LogP contribution in [0.2, 0.25) is 0 Å². The Morgan fingerprint density at radius 3 is 2.00 bits per heavy atom. The summed E-state index contributed by atoms with van der Waals surface area (Å²) in [6.45, 7) is 1.60. The Morgan fingerprint density at radius 1 is 1.18 bits per heavy atom. The lowest BCUT2D eigenvalue weighted by molar-refractivity contribution is -0.116. The average molecular weight is 155 g/mol. The Hall–Kier alpha value is -0.700. The molecule has 0 aromatic heterocycles. The summed E-state index contributed by atoms with van der Waals surface area (Å²) in [5.74, 6) is 0.118. The maximum absolute atomic E-state index is 10.4. The minimum absolute atomic E-state index is 0.0592. The fraction of sp³-hybridized carbons (Fsp3) is 0.750. The van der Waals surface area contributed by atoms with E-state index in [9.17, 15) is 9.59 Å². The normalized spacial score (nSPS) is 33.2. The number of rotatable bonds is 2. The Balaban J connectivity index is 2.49. The number of carbonyl (C=O) groups excluding carboxylic acids is 2. The van der Waals surface area contributed by atoms with Crippen LogP contribution in [0.5, 0.6) is 0 Å². The van der Waals surface area contributed by atoms with Crippen LogP contribution in [0, 0.1) is 11.8 Å². The molecule has 0 aromatic rings. The molecule has 2 unspecified atom stereocenters. The van der Waals surface area contributed by atoms with Crippen LogP contribution < -0.4 is 0 Å². The van der Waals surface area contributed by atoms with Gasteiger partial charge in [0.05, 0.1) is 0 Å². The second-order valence-electron chi connectivity index (χ2n) is 3.25. The average Bonchev–Trinajstić information content (AvgIpc) is 2.03. The van der Waals surface area contributed by atoms with Crippen LogP contribution in [0.1, 0.15) is 6.42 Å². The number of nitrogens with zero attached hydrogens (tertiary/aromatic N) is 1. The van der Waals surface area contributed by atoms with E-state index in [2.05, 4.69) is 0 Å². The molecule has 0 aromatic carbocycles. The van der Waals surface area contributed by atoms with Crippen molar-refractivity contribution in [3.63, 3.8) is 0 Å². The third kappa shape index (κ3) is 2.12. The molecular weight excluding hydrogens is 142 g/mol. The molecule has 1 aliphatic rings. The summed E-state index contributed by atoms with van der Waals surface area (Å²) in [6, 6.07) is 0. The predicted molar refractivity (Wildman–Crippen MR) is 41.2 cm³/mol. The molecule has 3 heteroatoms. The fourth-order valence-corrected chi connectivity index (χ4v) is 1.61. The number of hydrogen-bond acceptors (Lipinski definition) is 3. The van der Waals surface area contributed by atoms with Gasteiger partial charge in [0.1, 0.15) is 12.6 Å². The highest BCUT2D eigenvalue weighted by Gasteiger charge is 2.23. The fourth-order valence-electron chi connectivity index (χ4n) is 1.61. The highest BCUT2D eigenvalue weighted by molar-refractivity contribution is 5.59. The Labute approximate surface area is 66.4 Å². The van der Waals surface area contributed by atoms with Gasteiger partial charge in [0.25, 0.3) is 0 Å². The minimum atomic E-state index is 0.0592. The molecule has 0 saturated carbocycles. The molecule has 11 heavy (non-hydrogen) atoms. The molecule has 1 rings (SSSR count). The van der Waals surface area contributed by atoms with Gasteiger partial charge in [-0.1, -0.05) is 0 Å². The molecule has 2 atom stereocenters. The summed E-state index contributed by atoms with van der Waals surface area (Å²) < 4.78 is 0. The van der Waals surface area contributed by atoms with Crippen molar-refractivity contribution in [3.8, 4) is 0 Å². The Bertz CT molecular complexity index is 142. The van der Waals surface area contributed by atoms with Crippen LogP contribution in [0.15, 0.2) is 0 Å². The molecular formula is C8H13NO2. The van der Waals surface area contributed by atoms with Gasteiger partial charge < -0.3 is 14.5 Å². The second kappa shape index (κ2) is 3.62. The van der Waals surface area contributed by atoms with Crippen molar-refractivity contribution in [2.75, 3.05) is 20.1 Å². The molecule has 3 nitrogen and oxygen atoms in total. The first-order valence-corrected chi connectivity index (χ1v) is 3.85. The van der Waals surface area contributed by atoms with Crippen molar-refractivity contribution < 1.29 is 9.59 Å². The van der Waals surface area contributed by atoms with Crippen molar-refractivity contribution >= 4 is 12.6 Å². The maximum atomic E-state index is 10.4. The minimum Gasteiger partial charge on any atom is -0.305 e. The molecule has 1 aliphatic heterocycles. The quantitative estimate of drug-likeness (QED) is 0.525. The first kappa shape index (κ1) is 8.40. The van der Waals surface area contributed by atoms with E-state index >= 15 is 0 Å². The molecule has 0 N–H and O–H groups in total. The second-order valence-corrected chi connectivity index (χ2v) is 3.25. The lowest BCUT2D eigenvalue weighted by Crippen LogP contribution is -2.38. The van der Waals surface area contributed by atoms with Gasteiger partial charge in [-0.05, 0) is 13.5 Å². The van der Waals surface area contributed by atoms with Gasteiger partial charge in [0.2, 0.25) is 0 Å².